The molecule has 2 heteroatoms. The van der Waals surface area contributed by atoms with Gasteiger partial charge < -0.3 is 10.2 Å². The van der Waals surface area contributed by atoms with Crippen molar-refractivity contribution in [2.45, 2.75) is 6.92 Å². The van der Waals surface area contributed by atoms with Crippen molar-refractivity contribution in [3.63, 3.8) is 0 Å². The zero-order valence-electron chi connectivity index (χ0n) is 5.78. The Balaban J connectivity index is 2.66. The summed E-state index contributed by atoms with van der Waals surface area (Å²) in [5, 5.41) is 3.10. The van der Waals surface area contributed by atoms with Crippen molar-refractivity contribution < 1.29 is 0 Å². The zero-order chi connectivity index (χ0) is 6.85. The maximum Gasteiger partial charge on any atom is 0.0984 e. The Morgan fingerprint density at radius 3 is 2.56 bits per heavy atom. The SMILES string of the molecule is C=C1CNC(=C)N1CC. The molecular formula is C7H12N2. The largest absolute Gasteiger partial charge is 0.366 e. The number of nitrogens with zero attached hydrogens (tertiary/aromatic N) is 1. The molecule has 1 aliphatic heterocycles. The van der Waals surface area contributed by atoms with E-state index in [4.69, 9.17) is 0 Å². The molecule has 1 rings (SSSR count). The van der Waals surface area contributed by atoms with E-state index in [9.17, 15) is 0 Å². The van der Waals surface area contributed by atoms with Gasteiger partial charge in [0.25, 0.3) is 0 Å². The van der Waals surface area contributed by atoms with Gasteiger partial charge in [-0.3, -0.25) is 0 Å². The first-order valence-electron chi connectivity index (χ1n) is 3.13. The van der Waals surface area contributed by atoms with E-state index in [1.165, 1.54) is 0 Å². The Morgan fingerprint density at radius 2 is 2.33 bits per heavy atom. The van der Waals surface area contributed by atoms with Gasteiger partial charge in [-0.15, -0.1) is 0 Å². The molecule has 0 bridgehead atoms. The third-order valence-corrected chi connectivity index (χ3v) is 1.52. The first-order chi connectivity index (χ1) is 4.25. The fourth-order valence-corrected chi connectivity index (χ4v) is 1.00. The Kier molecular flexibility index (Phi) is 1.47. The molecule has 0 spiro atoms. The molecule has 0 saturated carbocycles. The van der Waals surface area contributed by atoms with Crippen LogP contribution in [-0.2, 0) is 0 Å². The number of nitrogens with one attached hydrogen (secondary N) is 1. The first kappa shape index (κ1) is 6.20. The van der Waals surface area contributed by atoms with Gasteiger partial charge in [-0.1, -0.05) is 13.2 Å². The van der Waals surface area contributed by atoms with Crippen molar-refractivity contribution in [1.29, 1.82) is 0 Å². The lowest BCUT2D eigenvalue weighted by molar-refractivity contribution is 0.482. The minimum absolute atomic E-state index is 0.854. The molecule has 1 fully saturated rings. The lowest BCUT2D eigenvalue weighted by atomic mass is 10.4. The first-order valence-corrected chi connectivity index (χ1v) is 3.13. The van der Waals surface area contributed by atoms with E-state index in [0.717, 1.165) is 24.6 Å². The summed E-state index contributed by atoms with van der Waals surface area (Å²) in [7, 11) is 0. The van der Waals surface area contributed by atoms with Crippen LogP contribution in [0.2, 0.25) is 0 Å². The summed E-state index contributed by atoms with van der Waals surface area (Å²) < 4.78 is 0. The third-order valence-electron chi connectivity index (χ3n) is 1.52. The van der Waals surface area contributed by atoms with E-state index in [0.29, 0.717) is 0 Å². The highest BCUT2D eigenvalue weighted by Crippen LogP contribution is 2.12. The molecule has 2 nitrogen and oxygen atoms in total. The second-order valence-corrected chi connectivity index (χ2v) is 2.11. The molecule has 0 radical (unpaired) electrons. The quantitative estimate of drug-likeness (QED) is 0.558. The Labute approximate surface area is 55.9 Å². The second-order valence-electron chi connectivity index (χ2n) is 2.11. The monoisotopic (exact) mass is 124 g/mol. The minimum Gasteiger partial charge on any atom is -0.366 e. The summed E-state index contributed by atoms with van der Waals surface area (Å²) in [6.45, 7) is 11.6. The van der Waals surface area contributed by atoms with E-state index in [-0.39, 0.29) is 0 Å². The average molecular weight is 124 g/mol. The molecule has 1 N–H and O–H groups in total. The van der Waals surface area contributed by atoms with Crippen LogP contribution in [-0.4, -0.2) is 18.0 Å². The summed E-state index contributed by atoms with van der Waals surface area (Å²) in [4.78, 5) is 2.07. The standard InChI is InChI=1S/C7H12N2/c1-4-9-6(2)5-8-7(9)3/h8H,2-5H2,1H3. The van der Waals surface area contributed by atoms with Gasteiger partial charge in [0.2, 0.25) is 0 Å². The van der Waals surface area contributed by atoms with Crippen molar-refractivity contribution in [3.05, 3.63) is 24.7 Å². The van der Waals surface area contributed by atoms with E-state index >= 15 is 0 Å². The maximum absolute atomic E-state index is 3.86. The van der Waals surface area contributed by atoms with Gasteiger partial charge in [0.15, 0.2) is 0 Å². The molecule has 0 atom stereocenters. The highest BCUT2D eigenvalue weighted by molar-refractivity contribution is 5.14. The minimum atomic E-state index is 0.854. The fourth-order valence-electron chi connectivity index (χ4n) is 1.00. The Hall–Kier alpha value is -0.920. The van der Waals surface area contributed by atoms with E-state index in [2.05, 4.69) is 30.3 Å². The second kappa shape index (κ2) is 2.13. The van der Waals surface area contributed by atoms with Gasteiger partial charge in [-0.05, 0) is 6.92 Å². The summed E-state index contributed by atoms with van der Waals surface area (Å²) in [5.74, 6) is 0.975. The van der Waals surface area contributed by atoms with Gasteiger partial charge >= 0.3 is 0 Å². The molecule has 0 amide bonds. The van der Waals surface area contributed by atoms with Crippen LogP contribution in [0.15, 0.2) is 24.7 Å². The van der Waals surface area contributed by atoms with Crippen LogP contribution in [0.3, 0.4) is 0 Å². The summed E-state index contributed by atoms with van der Waals surface area (Å²) in [6.07, 6.45) is 0. The van der Waals surface area contributed by atoms with Crippen LogP contribution in [0, 0.1) is 0 Å². The molecule has 0 aromatic heterocycles. The Bertz CT molecular complexity index is 133. The maximum atomic E-state index is 3.86. The number of likely N-dealkylation sites (N-methyl/N-ethyl adjacent to an activating group) is 1. The van der Waals surface area contributed by atoms with Crippen molar-refractivity contribution in [2.24, 2.45) is 0 Å². The van der Waals surface area contributed by atoms with Crippen molar-refractivity contribution in [1.82, 2.24) is 10.2 Å². The van der Waals surface area contributed by atoms with Crippen LogP contribution in [0.5, 0.6) is 0 Å². The van der Waals surface area contributed by atoms with Crippen LogP contribution in [0.4, 0.5) is 0 Å². The molecule has 0 aromatic carbocycles. The van der Waals surface area contributed by atoms with Crippen LogP contribution in [0.1, 0.15) is 6.92 Å². The van der Waals surface area contributed by atoms with E-state index < -0.39 is 0 Å². The molecule has 50 valence electrons. The van der Waals surface area contributed by atoms with Gasteiger partial charge in [0.1, 0.15) is 0 Å². The highest BCUT2D eigenvalue weighted by Gasteiger charge is 2.14. The van der Waals surface area contributed by atoms with Crippen molar-refractivity contribution in [3.8, 4) is 0 Å². The molecular weight excluding hydrogens is 112 g/mol. The Morgan fingerprint density at radius 1 is 1.67 bits per heavy atom. The van der Waals surface area contributed by atoms with Crippen LogP contribution < -0.4 is 5.32 Å². The predicted molar refractivity (Wildman–Crippen MR) is 38.7 cm³/mol. The number of hydrogen-bond acceptors (Lipinski definition) is 2. The lowest BCUT2D eigenvalue weighted by Crippen LogP contribution is -2.16. The van der Waals surface area contributed by atoms with Crippen molar-refractivity contribution >= 4 is 0 Å². The van der Waals surface area contributed by atoms with Gasteiger partial charge in [0, 0.05) is 12.2 Å². The molecule has 1 aliphatic rings. The van der Waals surface area contributed by atoms with Crippen LogP contribution in [0.25, 0.3) is 0 Å². The molecule has 1 heterocycles. The van der Waals surface area contributed by atoms with Gasteiger partial charge in [-0.25, -0.2) is 0 Å². The van der Waals surface area contributed by atoms with Crippen LogP contribution >= 0.6 is 0 Å². The van der Waals surface area contributed by atoms with E-state index in [1.54, 1.807) is 0 Å². The molecule has 0 aromatic rings. The van der Waals surface area contributed by atoms with E-state index in [1.807, 2.05) is 0 Å². The summed E-state index contributed by atoms with van der Waals surface area (Å²) in [5.41, 5.74) is 1.11. The zero-order valence-corrected chi connectivity index (χ0v) is 5.78. The predicted octanol–water partition coefficient (Wildman–Crippen LogP) is 0.896. The summed E-state index contributed by atoms with van der Waals surface area (Å²) in [6, 6.07) is 0. The van der Waals surface area contributed by atoms with Gasteiger partial charge in [-0.2, -0.15) is 0 Å². The topological polar surface area (TPSA) is 15.3 Å². The summed E-state index contributed by atoms with van der Waals surface area (Å²) >= 11 is 0. The normalized spacial score (nSPS) is 18.6. The smallest absolute Gasteiger partial charge is 0.0984 e. The number of rotatable bonds is 1. The molecule has 9 heavy (non-hydrogen) atoms. The molecule has 0 aliphatic carbocycles. The number of hydrogen-bond donors (Lipinski definition) is 1. The molecule has 0 unspecified atom stereocenters. The molecule has 1 saturated heterocycles. The third kappa shape index (κ3) is 0.922. The lowest BCUT2D eigenvalue weighted by Gasteiger charge is -2.15. The highest BCUT2D eigenvalue weighted by atomic mass is 15.3. The average Bonchev–Trinajstić information content (AvgIpc) is 2.12. The van der Waals surface area contributed by atoms with Crippen molar-refractivity contribution in [2.75, 3.05) is 13.1 Å². The van der Waals surface area contributed by atoms with Gasteiger partial charge in [0.05, 0.1) is 12.4 Å². The fraction of sp³-hybridized carbons (Fsp3) is 0.429.